The first-order valence-electron chi connectivity index (χ1n) is 14.6. The molecule has 0 nitrogen and oxygen atoms in total. The van der Waals surface area contributed by atoms with E-state index in [4.69, 9.17) is 0 Å². The highest BCUT2D eigenvalue weighted by atomic mass is 32.2. The van der Waals surface area contributed by atoms with Crippen molar-refractivity contribution in [1.29, 1.82) is 0 Å². The predicted octanol–water partition coefficient (Wildman–Crippen LogP) is 11.1. The van der Waals surface area contributed by atoms with Gasteiger partial charge < -0.3 is 0 Å². The van der Waals surface area contributed by atoms with Crippen LogP contribution < -0.4 is 0 Å². The molecule has 2 aromatic carbocycles. The van der Waals surface area contributed by atoms with E-state index in [-0.39, 0.29) is 43.9 Å². The third-order valence-electron chi connectivity index (χ3n) is 8.05. The summed E-state index contributed by atoms with van der Waals surface area (Å²) in [5.74, 6) is 12.0. The first kappa shape index (κ1) is 31.4. The van der Waals surface area contributed by atoms with Crippen molar-refractivity contribution in [2.24, 2.45) is 11.8 Å². The molecule has 0 saturated heterocycles. The van der Waals surface area contributed by atoms with Crippen LogP contribution in [0.1, 0.15) is 110 Å². The summed E-state index contributed by atoms with van der Waals surface area (Å²) in [6.07, 6.45) is 2.42. The second-order valence-electron chi connectivity index (χ2n) is 11.3. The van der Waals surface area contributed by atoms with E-state index in [0.29, 0.717) is 0 Å². The van der Waals surface area contributed by atoms with Crippen LogP contribution in [0, 0.1) is 49.4 Å². The Kier molecular flexibility index (Phi) is 10.5. The SMILES string of the molecule is Cc1ccc(Sc2ccc(C)c(C(F)(F)F)c2C#CC2CCCCCC2)c(C#CC2CCCCCC2)c1C(F)(F)F. The van der Waals surface area contributed by atoms with Gasteiger partial charge in [0.15, 0.2) is 0 Å². The summed E-state index contributed by atoms with van der Waals surface area (Å²) in [5.41, 5.74) is -1.89. The van der Waals surface area contributed by atoms with Crippen LogP contribution >= 0.6 is 11.8 Å². The molecule has 0 aliphatic heterocycles. The molecule has 0 bridgehead atoms. The van der Waals surface area contributed by atoms with E-state index < -0.39 is 23.5 Å². The monoisotopic (exact) mass is 590 g/mol. The van der Waals surface area contributed by atoms with Crippen molar-refractivity contribution in [3.05, 3.63) is 57.6 Å². The van der Waals surface area contributed by atoms with E-state index in [0.717, 1.165) is 88.8 Å². The van der Waals surface area contributed by atoms with Gasteiger partial charge in [-0.25, -0.2) is 0 Å². The van der Waals surface area contributed by atoms with Crippen molar-refractivity contribution in [1.82, 2.24) is 0 Å². The molecule has 2 aliphatic rings. The minimum Gasteiger partial charge on any atom is -0.166 e. The van der Waals surface area contributed by atoms with Crippen LogP contribution in [-0.4, -0.2) is 0 Å². The number of halogens is 6. The molecule has 220 valence electrons. The Bertz CT molecular complexity index is 1230. The van der Waals surface area contributed by atoms with Gasteiger partial charge in [0.25, 0.3) is 0 Å². The summed E-state index contributed by atoms with van der Waals surface area (Å²) in [7, 11) is 0. The molecule has 4 rings (SSSR count). The van der Waals surface area contributed by atoms with Crippen molar-refractivity contribution in [3.63, 3.8) is 0 Å². The van der Waals surface area contributed by atoms with Gasteiger partial charge in [-0.05, 0) is 62.8 Å². The van der Waals surface area contributed by atoms with E-state index in [1.165, 1.54) is 26.0 Å². The smallest absolute Gasteiger partial charge is 0.166 e. The van der Waals surface area contributed by atoms with E-state index >= 15 is 0 Å². The molecule has 0 spiro atoms. The minimum absolute atomic E-state index is 0.00848. The fourth-order valence-electron chi connectivity index (χ4n) is 5.84. The third kappa shape index (κ3) is 8.29. The van der Waals surface area contributed by atoms with Crippen molar-refractivity contribution >= 4 is 11.8 Å². The van der Waals surface area contributed by atoms with Crippen molar-refractivity contribution < 1.29 is 26.3 Å². The van der Waals surface area contributed by atoms with Gasteiger partial charge in [-0.2, -0.15) is 26.3 Å². The molecule has 2 aromatic rings. The zero-order chi connectivity index (χ0) is 29.6. The quantitative estimate of drug-likeness (QED) is 0.190. The van der Waals surface area contributed by atoms with Crippen LogP contribution in [0.3, 0.4) is 0 Å². The van der Waals surface area contributed by atoms with Crippen LogP contribution in [0.2, 0.25) is 0 Å². The second kappa shape index (κ2) is 13.6. The van der Waals surface area contributed by atoms with Gasteiger partial charge in [-0.1, -0.05) is 98.9 Å². The Labute approximate surface area is 244 Å². The molecule has 41 heavy (non-hydrogen) atoms. The number of aryl methyl sites for hydroxylation is 2. The summed E-state index contributed by atoms with van der Waals surface area (Å²) in [5, 5.41) is 0. The summed E-state index contributed by atoms with van der Waals surface area (Å²) in [4.78, 5) is 0.386. The van der Waals surface area contributed by atoms with Crippen molar-refractivity contribution in [2.75, 3.05) is 0 Å². The Morgan fingerprint density at radius 3 is 1.22 bits per heavy atom. The topological polar surface area (TPSA) is 0 Å². The third-order valence-corrected chi connectivity index (χ3v) is 9.17. The number of alkyl halides is 6. The summed E-state index contributed by atoms with van der Waals surface area (Å²) < 4.78 is 85.9. The number of benzene rings is 2. The molecular formula is C34H36F6S. The van der Waals surface area contributed by atoms with E-state index in [1.54, 1.807) is 12.1 Å². The van der Waals surface area contributed by atoms with Crippen LogP contribution in [0.4, 0.5) is 26.3 Å². The number of hydrogen-bond acceptors (Lipinski definition) is 1. The molecule has 2 fully saturated rings. The maximum Gasteiger partial charge on any atom is 0.417 e. The van der Waals surface area contributed by atoms with Gasteiger partial charge in [0.1, 0.15) is 0 Å². The van der Waals surface area contributed by atoms with Crippen LogP contribution in [0.15, 0.2) is 34.1 Å². The largest absolute Gasteiger partial charge is 0.417 e. The van der Waals surface area contributed by atoms with Gasteiger partial charge in [-0.3, -0.25) is 0 Å². The average Bonchev–Trinajstić information content (AvgIpc) is 3.32. The molecule has 0 N–H and O–H groups in total. The first-order valence-corrected chi connectivity index (χ1v) is 15.4. The highest BCUT2D eigenvalue weighted by Gasteiger charge is 2.38. The highest BCUT2D eigenvalue weighted by Crippen LogP contribution is 2.44. The first-order chi connectivity index (χ1) is 19.4. The number of rotatable bonds is 2. The van der Waals surface area contributed by atoms with Gasteiger partial charge in [-0.15, -0.1) is 0 Å². The molecule has 0 radical (unpaired) electrons. The molecular weight excluding hydrogens is 554 g/mol. The standard InChI is InChI=1S/C34H36F6S/c1-23-15-21-29(27(31(23)33(35,36)37)19-17-25-11-7-3-4-8-12-25)41-30-22-16-24(2)32(34(38,39)40)28(30)20-18-26-13-9-5-6-10-14-26/h15-16,21-22,25-26H,3-14H2,1-2H3. The Hall–Kier alpha value is -2.51. The predicted molar refractivity (Wildman–Crippen MR) is 153 cm³/mol. The molecule has 0 atom stereocenters. The highest BCUT2D eigenvalue weighted by molar-refractivity contribution is 7.99. The van der Waals surface area contributed by atoms with Crippen molar-refractivity contribution in [2.45, 2.75) is 113 Å². The fraction of sp³-hybridized carbons (Fsp3) is 0.529. The van der Waals surface area contributed by atoms with E-state index in [9.17, 15) is 26.3 Å². The second-order valence-corrected chi connectivity index (χ2v) is 12.4. The minimum atomic E-state index is -4.65. The van der Waals surface area contributed by atoms with Crippen molar-refractivity contribution in [3.8, 4) is 23.7 Å². The van der Waals surface area contributed by atoms with Gasteiger partial charge in [0.2, 0.25) is 0 Å². The normalized spacial score (nSPS) is 17.6. The molecule has 0 amide bonds. The van der Waals surface area contributed by atoms with Crippen LogP contribution in [0.5, 0.6) is 0 Å². The lowest BCUT2D eigenvalue weighted by atomic mass is 9.98. The average molecular weight is 591 g/mol. The Balaban J connectivity index is 1.84. The lowest BCUT2D eigenvalue weighted by Gasteiger charge is -2.19. The van der Waals surface area contributed by atoms with Crippen LogP contribution in [0.25, 0.3) is 0 Å². The lowest BCUT2D eigenvalue weighted by Crippen LogP contribution is -2.12. The molecule has 2 saturated carbocycles. The molecule has 2 aliphatic carbocycles. The Morgan fingerprint density at radius 1 is 0.561 bits per heavy atom. The van der Waals surface area contributed by atoms with E-state index in [1.807, 2.05) is 0 Å². The fourth-order valence-corrected chi connectivity index (χ4v) is 6.86. The van der Waals surface area contributed by atoms with Gasteiger partial charge in [0.05, 0.1) is 22.3 Å². The number of hydrogen-bond donors (Lipinski definition) is 0. The molecule has 0 unspecified atom stereocenters. The maximum atomic E-state index is 14.3. The maximum absolute atomic E-state index is 14.3. The summed E-state index contributed by atoms with van der Waals surface area (Å²) in [6.45, 7) is 2.79. The molecule has 0 aromatic heterocycles. The van der Waals surface area contributed by atoms with E-state index in [2.05, 4.69) is 23.7 Å². The summed E-state index contributed by atoms with van der Waals surface area (Å²) >= 11 is 0.895. The molecule has 7 heteroatoms. The summed E-state index contributed by atoms with van der Waals surface area (Å²) in [6, 6.07) is 5.83. The van der Waals surface area contributed by atoms with Crippen LogP contribution in [-0.2, 0) is 12.4 Å². The van der Waals surface area contributed by atoms with Gasteiger partial charge in [0, 0.05) is 21.6 Å². The zero-order valence-electron chi connectivity index (χ0n) is 23.6. The Morgan fingerprint density at radius 2 is 0.902 bits per heavy atom. The molecule has 0 heterocycles. The van der Waals surface area contributed by atoms with Gasteiger partial charge >= 0.3 is 12.4 Å². The zero-order valence-corrected chi connectivity index (χ0v) is 24.4. The lowest BCUT2D eigenvalue weighted by molar-refractivity contribution is -0.139.